The summed E-state index contributed by atoms with van der Waals surface area (Å²) in [6.07, 6.45) is 23.3. The number of benzene rings is 1. The van der Waals surface area contributed by atoms with Crippen LogP contribution in [0.5, 0.6) is 0 Å². The van der Waals surface area contributed by atoms with Crippen LogP contribution in [-0.2, 0) is 4.79 Å². The lowest BCUT2D eigenvalue weighted by atomic mass is 9.98. The summed E-state index contributed by atoms with van der Waals surface area (Å²) in [5.74, 6) is 0.438. The van der Waals surface area contributed by atoms with E-state index < -0.39 is 0 Å². The zero-order valence-corrected chi connectivity index (χ0v) is 23.6. The Labute approximate surface area is 218 Å². The number of quaternary nitrogens is 1. The van der Waals surface area contributed by atoms with Gasteiger partial charge in [-0.25, -0.2) is 4.79 Å². The van der Waals surface area contributed by atoms with E-state index >= 15 is 0 Å². The first-order valence-corrected chi connectivity index (χ1v) is 14.3. The Morgan fingerprint density at radius 3 is 1.74 bits per heavy atom. The normalized spacial score (nSPS) is 12.6. The Kier molecular flexibility index (Phi) is 20.5. The van der Waals surface area contributed by atoms with Crippen LogP contribution in [0.2, 0.25) is 0 Å². The molecule has 0 saturated carbocycles. The van der Waals surface area contributed by atoms with Crippen LogP contribution in [0.25, 0.3) is 0 Å². The quantitative estimate of drug-likeness (QED) is 0.115. The van der Waals surface area contributed by atoms with E-state index in [0.29, 0.717) is 10.4 Å². The molecular weight excluding hydrogens is 438 g/mol. The largest absolute Gasteiger partial charge is 1.00 e. The second kappa shape index (κ2) is 21.2. The number of hydrogen-bond donors (Lipinski definition) is 0. The lowest BCUT2D eigenvalue weighted by molar-refractivity contribution is -0.883. The van der Waals surface area contributed by atoms with Gasteiger partial charge in [0.05, 0.1) is 19.5 Å². The summed E-state index contributed by atoms with van der Waals surface area (Å²) in [5.41, 5.74) is 1.31. The molecule has 0 aliphatic rings. The van der Waals surface area contributed by atoms with Gasteiger partial charge in [0.1, 0.15) is 6.04 Å². The Morgan fingerprint density at radius 2 is 1.24 bits per heavy atom. The van der Waals surface area contributed by atoms with Crippen molar-refractivity contribution in [2.45, 2.75) is 130 Å². The van der Waals surface area contributed by atoms with Gasteiger partial charge in [-0.3, -0.25) is 4.48 Å². The molecule has 0 N–H and O–H groups in total. The van der Waals surface area contributed by atoms with Crippen molar-refractivity contribution in [3.8, 4) is 0 Å². The van der Waals surface area contributed by atoms with Crippen molar-refractivity contribution in [1.29, 1.82) is 0 Å². The number of hydrogen-bond acceptors (Lipinski definition) is 1. The highest BCUT2D eigenvalue weighted by molar-refractivity contribution is 5.69. The van der Waals surface area contributed by atoms with Gasteiger partial charge in [0.15, 0.2) is 0 Å². The SMILES string of the molecule is CCCCCCCCC=CCCCCCCCC(=O)[N+](CC)(CC)C(CC)c1ccccc1.[Cl-]. The van der Waals surface area contributed by atoms with Gasteiger partial charge in [-0.1, -0.05) is 108 Å². The second-order valence-corrected chi connectivity index (χ2v) is 9.73. The molecule has 0 spiro atoms. The van der Waals surface area contributed by atoms with E-state index in [9.17, 15) is 4.79 Å². The Hall–Kier alpha value is -1.12. The summed E-state index contributed by atoms with van der Waals surface area (Å²) in [6.45, 7) is 10.6. The summed E-state index contributed by atoms with van der Waals surface area (Å²) >= 11 is 0. The van der Waals surface area contributed by atoms with Gasteiger partial charge in [0.25, 0.3) is 0 Å². The number of nitrogens with zero attached hydrogens (tertiary/aromatic N) is 1. The molecule has 0 bridgehead atoms. The molecule has 1 rings (SSSR count). The molecule has 0 aromatic heterocycles. The lowest BCUT2D eigenvalue weighted by Gasteiger charge is -2.41. The molecule has 196 valence electrons. The minimum Gasteiger partial charge on any atom is -1.00 e. The highest BCUT2D eigenvalue weighted by Gasteiger charge is 2.40. The van der Waals surface area contributed by atoms with Crippen molar-refractivity contribution in [3.63, 3.8) is 0 Å². The Balaban J connectivity index is 0.0000109. The number of halogens is 1. The molecule has 1 amide bonds. The van der Waals surface area contributed by atoms with Crippen LogP contribution in [0, 0.1) is 0 Å². The number of unbranched alkanes of at least 4 members (excludes halogenated alkanes) is 11. The Morgan fingerprint density at radius 1 is 0.735 bits per heavy atom. The van der Waals surface area contributed by atoms with Crippen LogP contribution in [0.1, 0.15) is 136 Å². The maximum Gasteiger partial charge on any atom is 0.314 e. The van der Waals surface area contributed by atoms with Crippen molar-refractivity contribution in [3.05, 3.63) is 48.0 Å². The molecule has 0 fully saturated rings. The van der Waals surface area contributed by atoms with Crippen molar-refractivity contribution in [2.24, 2.45) is 0 Å². The molecule has 2 nitrogen and oxygen atoms in total. The number of carbonyl (C=O) groups excluding carboxylic acids is 1. The van der Waals surface area contributed by atoms with Gasteiger partial charge < -0.3 is 12.4 Å². The highest BCUT2D eigenvalue weighted by atomic mass is 35.5. The molecule has 34 heavy (non-hydrogen) atoms. The van der Waals surface area contributed by atoms with Crippen LogP contribution in [-0.4, -0.2) is 23.5 Å². The van der Waals surface area contributed by atoms with Gasteiger partial charge in [-0.2, -0.15) is 0 Å². The van der Waals surface area contributed by atoms with E-state index in [-0.39, 0.29) is 18.4 Å². The van der Waals surface area contributed by atoms with Crippen LogP contribution in [0.4, 0.5) is 0 Å². The minimum atomic E-state index is 0. The van der Waals surface area contributed by atoms with Crippen LogP contribution in [0.15, 0.2) is 42.5 Å². The third kappa shape index (κ3) is 12.0. The van der Waals surface area contributed by atoms with Gasteiger partial charge >= 0.3 is 5.91 Å². The summed E-state index contributed by atoms with van der Waals surface area (Å²) in [7, 11) is 0. The zero-order chi connectivity index (χ0) is 24.2. The van der Waals surface area contributed by atoms with Gasteiger partial charge in [-0.05, 0) is 46.0 Å². The maximum atomic E-state index is 13.4. The molecular formula is C31H54ClNO. The molecule has 3 heteroatoms. The number of carbonyl (C=O) groups is 1. The smallest absolute Gasteiger partial charge is 0.314 e. The summed E-state index contributed by atoms with van der Waals surface area (Å²) < 4.78 is 0.601. The molecule has 1 atom stereocenters. The lowest BCUT2D eigenvalue weighted by Crippen LogP contribution is -3.00. The zero-order valence-electron chi connectivity index (χ0n) is 22.9. The van der Waals surface area contributed by atoms with E-state index in [2.05, 4.69) is 70.2 Å². The predicted molar refractivity (Wildman–Crippen MR) is 145 cm³/mol. The minimum absolute atomic E-state index is 0. The fourth-order valence-corrected chi connectivity index (χ4v) is 5.31. The van der Waals surface area contributed by atoms with Crippen molar-refractivity contribution in [1.82, 2.24) is 0 Å². The number of amides is 1. The molecule has 0 aliphatic carbocycles. The van der Waals surface area contributed by atoms with Crippen LogP contribution >= 0.6 is 0 Å². The van der Waals surface area contributed by atoms with Crippen LogP contribution in [0.3, 0.4) is 0 Å². The van der Waals surface area contributed by atoms with Gasteiger partial charge in [0.2, 0.25) is 0 Å². The van der Waals surface area contributed by atoms with Gasteiger partial charge in [-0.15, -0.1) is 0 Å². The molecule has 1 aromatic rings. The fraction of sp³-hybridized carbons (Fsp3) is 0.710. The first-order chi connectivity index (χ1) is 16.2. The summed E-state index contributed by atoms with van der Waals surface area (Å²) in [5, 5.41) is 0. The first-order valence-electron chi connectivity index (χ1n) is 14.3. The number of allylic oxidation sites excluding steroid dienone is 2. The Bertz CT molecular complexity index is 624. The second-order valence-electron chi connectivity index (χ2n) is 9.73. The summed E-state index contributed by atoms with van der Waals surface area (Å²) in [4.78, 5) is 13.4. The average molecular weight is 492 g/mol. The maximum absolute atomic E-state index is 13.4. The fourth-order valence-electron chi connectivity index (χ4n) is 5.31. The molecule has 0 radical (unpaired) electrons. The third-order valence-corrected chi connectivity index (χ3v) is 7.45. The monoisotopic (exact) mass is 491 g/mol. The molecule has 1 unspecified atom stereocenters. The van der Waals surface area contributed by atoms with Gasteiger partial charge in [0, 0.05) is 12.0 Å². The average Bonchev–Trinajstić information content (AvgIpc) is 2.85. The summed E-state index contributed by atoms with van der Waals surface area (Å²) in [6, 6.07) is 10.9. The van der Waals surface area contributed by atoms with Crippen molar-refractivity contribution in [2.75, 3.05) is 13.1 Å². The first kappa shape index (κ1) is 32.9. The van der Waals surface area contributed by atoms with Crippen molar-refractivity contribution < 1.29 is 21.7 Å². The molecule has 0 aliphatic heterocycles. The van der Waals surface area contributed by atoms with E-state index in [0.717, 1.165) is 32.4 Å². The van der Waals surface area contributed by atoms with E-state index in [1.165, 1.54) is 82.6 Å². The predicted octanol–water partition coefficient (Wildman–Crippen LogP) is 6.56. The van der Waals surface area contributed by atoms with E-state index in [4.69, 9.17) is 0 Å². The standard InChI is InChI=1S/C31H54NO.ClH/c1-5-9-10-11-12-13-14-15-16-17-18-19-20-21-25-28-31(33)32(7-3,8-4)30(6-2)29-26-23-22-24-27-29;/h15-16,22-24,26-27,30H,5-14,17-21,25,28H2,1-4H3;1H/q+1;/p-1. The highest BCUT2D eigenvalue weighted by Crippen LogP contribution is 2.33. The third-order valence-electron chi connectivity index (χ3n) is 7.45. The van der Waals surface area contributed by atoms with Crippen LogP contribution < -0.4 is 12.4 Å². The number of rotatable bonds is 20. The molecule has 0 heterocycles. The molecule has 0 saturated heterocycles. The topological polar surface area (TPSA) is 17.1 Å². The van der Waals surface area contributed by atoms with E-state index in [1.54, 1.807) is 0 Å². The van der Waals surface area contributed by atoms with E-state index in [1.807, 2.05) is 0 Å². The molecule has 1 aromatic carbocycles. The van der Waals surface area contributed by atoms with Crippen molar-refractivity contribution >= 4 is 5.91 Å².